The molecule has 0 aromatic carbocycles. The molecule has 0 aliphatic carbocycles. The van der Waals surface area contributed by atoms with Crippen LogP contribution in [0.3, 0.4) is 0 Å². The highest BCUT2D eigenvalue weighted by Gasteiger charge is 2.46. The molecule has 68 heavy (non-hydrogen) atoms. The Labute approximate surface area is 400 Å². The maximum absolute atomic E-state index is 12.8. The van der Waals surface area contributed by atoms with Crippen molar-refractivity contribution < 1.29 is 71.0 Å². The zero-order valence-electron chi connectivity index (χ0n) is 39.7. The smallest absolute Gasteiger partial charge is 0.462 e. The van der Waals surface area contributed by atoms with E-state index in [1.807, 2.05) is 18.2 Å². The number of rotatable bonds is 36. The number of nitrogens with two attached hydrogens (primary N) is 1. The first-order valence-corrected chi connectivity index (χ1v) is 26.8. The molecule has 10 atom stereocenters. The molecular formula is C47H75N3O16P2. The Morgan fingerprint density at radius 1 is 0.779 bits per heavy atom. The zero-order valence-corrected chi connectivity index (χ0v) is 41.5. The van der Waals surface area contributed by atoms with E-state index in [0.29, 0.717) is 37.4 Å². The van der Waals surface area contributed by atoms with Gasteiger partial charge in [0, 0.05) is 19.0 Å². The summed E-state index contributed by atoms with van der Waals surface area (Å²) in [5, 5.41) is 20.9. The van der Waals surface area contributed by atoms with E-state index in [-0.39, 0.29) is 18.7 Å². The average molecular weight is 1000 g/mol. The van der Waals surface area contributed by atoms with Gasteiger partial charge in [-0.2, -0.15) is 9.29 Å². The summed E-state index contributed by atoms with van der Waals surface area (Å²) in [5.74, 6) is -0.697. The van der Waals surface area contributed by atoms with Crippen molar-refractivity contribution in [3.05, 3.63) is 83.5 Å². The molecule has 19 nitrogen and oxygen atoms in total. The first kappa shape index (κ1) is 58.7. The highest BCUT2D eigenvalue weighted by atomic mass is 31.3. The van der Waals surface area contributed by atoms with Crippen LogP contribution in [0.15, 0.2) is 77.8 Å². The second-order valence-corrected chi connectivity index (χ2v) is 19.9. The molecule has 0 bridgehead atoms. The second kappa shape index (κ2) is 32.3. The van der Waals surface area contributed by atoms with Gasteiger partial charge in [0.1, 0.15) is 30.7 Å². The van der Waals surface area contributed by atoms with Crippen LogP contribution in [0.25, 0.3) is 0 Å². The quantitative estimate of drug-likeness (QED) is 0.0140. The van der Waals surface area contributed by atoms with Crippen LogP contribution in [-0.2, 0) is 51.0 Å². The van der Waals surface area contributed by atoms with Crippen LogP contribution in [0.2, 0.25) is 0 Å². The number of allylic oxidation sites excluding steroid dienone is 8. The van der Waals surface area contributed by atoms with Gasteiger partial charge < -0.3 is 44.7 Å². The Kier molecular flexibility index (Phi) is 27.9. The lowest BCUT2D eigenvalue weighted by Gasteiger charge is -2.21. The van der Waals surface area contributed by atoms with Gasteiger partial charge in [-0.25, -0.2) is 13.9 Å². The molecule has 2 aliphatic heterocycles. The summed E-state index contributed by atoms with van der Waals surface area (Å²) in [6.07, 6.45) is 28.3. The Bertz CT molecular complexity index is 1960. The van der Waals surface area contributed by atoms with Crippen molar-refractivity contribution in [2.75, 3.05) is 25.6 Å². The Hall–Kier alpha value is -3.58. The molecule has 2 fully saturated rings. The fourth-order valence-electron chi connectivity index (χ4n) is 6.88. The summed E-state index contributed by atoms with van der Waals surface area (Å²) < 4.78 is 62.2. The van der Waals surface area contributed by atoms with Gasteiger partial charge in [0.05, 0.1) is 25.4 Å². The zero-order chi connectivity index (χ0) is 49.8. The Morgan fingerprint density at radius 2 is 1.38 bits per heavy atom. The number of ether oxygens (including phenoxy) is 4. The summed E-state index contributed by atoms with van der Waals surface area (Å²) >= 11 is 0. The van der Waals surface area contributed by atoms with Gasteiger partial charge in [-0.15, -0.1) is 0 Å². The van der Waals surface area contributed by atoms with Crippen LogP contribution >= 0.6 is 15.6 Å². The van der Waals surface area contributed by atoms with E-state index in [2.05, 4.69) is 66.5 Å². The van der Waals surface area contributed by atoms with Crippen LogP contribution in [0.5, 0.6) is 0 Å². The first-order valence-electron chi connectivity index (χ1n) is 23.8. The third kappa shape index (κ3) is 24.8. The lowest BCUT2D eigenvalue weighted by Crippen LogP contribution is -2.36. The minimum atomic E-state index is -5.44. The van der Waals surface area contributed by atoms with E-state index in [0.717, 1.165) is 68.6 Å². The van der Waals surface area contributed by atoms with Crippen LogP contribution in [0.1, 0.15) is 136 Å². The number of phosphoric acid groups is 2. The largest absolute Gasteiger partial charge is 0.481 e. The van der Waals surface area contributed by atoms with E-state index in [9.17, 15) is 43.5 Å². The fourth-order valence-corrected chi connectivity index (χ4v) is 8.99. The van der Waals surface area contributed by atoms with E-state index < -0.39 is 83.7 Å². The lowest BCUT2D eigenvalue weighted by molar-refractivity contribution is -0.161. The van der Waals surface area contributed by atoms with Gasteiger partial charge in [0.25, 0.3) is 0 Å². The Balaban J connectivity index is 1.43. The molecule has 0 radical (unpaired) electrons. The van der Waals surface area contributed by atoms with Crippen LogP contribution in [0, 0.1) is 5.92 Å². The van der Waals surface area contributed by atoms with Crippen LogP contribution in [-0.4, -0.2) is 97.9 Å². The summed E-state index contributed by atoms with van der Waals surface area (Å²) in [6.45, 7) is 4.17. The molecule has 0 amide bonds. The third-order valence-corrected chi connectivity index (χ3v) is 13.7. The molecule has 3 rings (SSSR count). The van der Waals surface area contributed by atoms with Crippen molar-refractivity contribution in [1.29, 1.82) is 0 Å². The number of carbonyl (C=O) groups is 2. The number of unbranched alkanes of at least 4 members (excludes halogenated alkanes) is 5. The molecule has 5 unspecified atom stereocenters. The van der Waals surface area contributed by atoms with Crippen molar-refractivity contribution in [2.24, 2.45) is 5.92 Å². The number of esters is 2. The van der Waals surface area contributed by atoms with Gasteiger partial charge in [-0.05, 0) is 63.4 Å². The normalized spacial score (nSPS) is 23.5. The minimum absolute atomic E-state index is 0.0806. The number of aliphatic hydroxyl groups is 2. The number of nitrogens with zero attached hydrogens (tertiary/aromatic N) is 2. The molecule has 1 aromatic heterocycles. The summed E-state index contributed by atoms with van der Waals surface area (Å²) in [5.41, 5.74) is 4.57. The molecule has 0 spiro atoms. The summed E-state index contributed by atoms with van der Waals surface area (Å²) in [4.78, 5) is 61.7. The summed E-state index contributed by atoms with van der Waals surface area (Å²) in [6, 6.07) is 1.24. The highest BCUT2D eigenvalue weighted by Crippen LogP contribution is 2.60. The molecule has 2 aliphatic rings. The molecule has 0 saturated carbocycles. The topological polar surface area (TPSA) is 278 Å². The molecule has 6 N–H and O–H groups in total. The van der Waals surface area contributed by atoms with Crippen molar-refractivity contribution in [2.45, 2.75) is 173 Å². The van der Waals surface area contributed by atoms with Crippen molar-refractivity contribution >= 4 is 33.4 Å². The van der Waals surface area contributed by atoms with Gasteiger partial charge >= 0.3 is 33.3 Å². The lowest BCUT2D eigenvalue weighted by atomic mass is 10.00. The molecular weight excluding hydrogens is 924 g/mol. The highest BCUT2D eigenvalue weighted by molar-refractivity contribution is 7.61. The van der Waals surface area contributed by atoms with Crippen molar-refractivity contribution in [3.8, 4) is 0 Å². The fraction of sp³-hybridized carbons (Fsp3) is 0.660. The van der Waals surface area contributed by atoms with Gasteiger partial charge in [-0.1, -0.05) is 126 Å². The maximum Gasteiger partial charge on any atom is 0.481 e. The van der Waals surface area contributed by atoms with Crippen molar-refractivity contribution in [1.82, 2.24) is 9.55 Å². The molecule has 1 aromatic rings. The molecule has 2 saturated heterocycles. The van der Waals surface area contributed by atoms with Crippen molar-refractivity contribution in [3.63, 3.8) is 0 Å². The number of nitrogen functional groups attached to an aromatic ring is 1. The number of aromatic nitrogens is 2. The predicted molar refractivity (Wildman–Crippen MR) is 256 cm³/mol. The standard InChI is InChI=1S/C47H75N3O16P2/c1-4-6-21-27-38-39(64-38)28-23-18-13-11-9-7-8-10-12-14-20-25-30-43(52)63-37(33-60-42(51)29-24-19-16-15-17-22-26-36(3)5-2)34-61-67(56,57)66-68(58,59)62-35-40-44(53)45(54)46(65-40)50-32-31-41(48)49-47(50)55/h6,8-11,14,18,20-21,23,31-32,36-40,44-46,53-54H,4-5,7,12-13,15-17,19,22,24-30,33-35H2,1-3H3,(H,56,57)(H,58,59)(H2,48,49,55)/b10-8-,11-9-,20-14-,21-6-,23-18-/t36?,37-,38?,39?,40-,44-,45-,46-/m1/s1. The second-order valence-electron chi connectivity index (χ2n) is 16.9. The number of carbonyl (C=O) groups excluding carboxylic acids is 2. The van der Waals surface area contributed by atoms with E-state index in [4.69, 9.17) is 33.7 Å². The minimum Gasteiger partial charge on any atom is -0.462 e. The van der Waals surface area contributed by atoms with E-state index >= 15 is 0 Å². The summed E-state index contributed by atoms with van der Waals surface area (Å²) in [7, 11) is -10.9. The molecule has 3 heterocycles. The molecule has 21 heteroatoms. The maximum atomic E-state index is 12.8. The van der Waals surface area contributed by atoms with Gasteiger partial charge in [0.15, 0.2) is 12.3 Å². The van der Waals surface area contributed by atoms with Gasteiger partial charge in [0.2, 0.25) is 0 Å². The number of anilines is 1. The Morgan fingerprint density at radius 3 is 2.03 bits per heavy atom. The van der Waals surface area contributed by atoms with E-state index in [1.54, 1.807) is 6.08 Å². The number of aliphatic hydroxyl groups excluding tert-OH is 2. The van der Waals surface area contributed by atoms with E-state index in [1.165, 1.54) is 25.3 Å². The van der Waals surface area contributed by atoms with Crippen LogP contribution < -0.4 is 11.4 Å². The first-order chi connectivity index (χ1) is 32.5. The SMILES string of the molecule is CC/C=C\CC1OC1C/C=C\C/C=C\C/C=C\C/C=C\CCC(=O)O[C@H](COC(=O)CCCCCCCCC(C)CC)COP(=O)(O)OP(=O)(O)OC[C@H]1O[C@@H](n2ccc(N)nc2=O)[C@H](O)[C@@H]1O. The monoisotopic (exact) mass is 999 g/mol. The number of epoxide rings is 1. The average Bonchev–Trinajstić information content (AvgIpc) is 3.98. The predicted octanol–water partition coefficient (Wildman–Crippen LogP) is 8.01. The molecule has 384 valence electrons. The number of phosphoric ester groups is 2. The van der Waals surface area contributed by atoms with Gasteiger partial charge in [-0.3, -0.25) is 23.2 Å². The van der Waals surface area contributed by atoms with Crippen LogP contribution in [0.4, 0.5) is 5.82 Å². The number of hydrogen-bond donors (Lipinski definition) is 5. The third-order valence-electron chi connectivity index (χ3n) is 11.1. The number of hydrogen-bond acceptors (Lipinski definition) is 16.